The second-order valence-electron chi connectivity index (χ2n) is 2.76. The highest BCUT2D eigenvalue weighted by Gasteiger charge is 2.02. The molecule has 0 aliphatic carbocycles. The Labute approximate surface area is 65.7 Å². The van der Waals surface area contributed by atoms with Gasteiger partial charge in [0.25, 0.3) is 0 Å². The molecule has 0 unspecified atom stereocenters. The third kappa shape index (κ3) is 15.9. The SMILES string of the molecule is Cl.Cl.[B]CC(C)(C)C. The van der Waals surface area contributed by atoms with E-state index in [2.05, 4.69) is 20.8 Å². The van der Waals surface area contributed by atoms with Crippen LogP contribution < -0.4 is 0 Å². The molecule has 0 aromatic carbocycles. The molecule has 0 heterocycles. The van der Waals surface area contributed by atoms with E-state index in [1.165, 1.54) is 0 Å². The summed E-state index contributed by atoms with van der Waals surface area (Å²) in [6.45, 7) is 6.35. The summed E-state index contributed by atoms with van der Waals surface area (Å²) in [7, 11) is 5.31. The van der Waals surface area contributed by atoms with Gasteiger partial charge in [-0.3, -0.25) is 0 Å². The van der Waals surface area contributed by atoms with Gasteiger partial charge in [-0.05, 0) is 5.41 Å². The number of rotatable bonds is 0. The first-order valence-electron chi connectivity index (χ1n) is 2.26. The van der Waals surface area contributed by atoms with Gasteiger partial charge in [0.2, 0.25) is 0 Å². The average molecular weight is 155 g/mol. The summed E-state index contributed by atoms with van der Waals surface area (Å²) in [4.78, 5) is 0. The number of halogens is 2. The summed E-state index contributed by atoms with van der Waals surface area (Å²) in [5.41, 5.74) is 0.319. The lowest BCUT2D eigenvalue weighted by Gasteiger charge is -2.13. The molecule has 0 rings (SSSR count). The maximum atomic E-state index is 5.31. The predicted octanol–water partition coefficient (Wildman–Crippen LogP) is 2.46. The zero-order chi connectivity index (χ0) is 5.21. The Hall–Kier alpha value is 0.645. The van der Waals surface area contributed by atoms with Gasteiger partial charge in [-0.2, -0.15) is 0 Å². The fraction of sp³-hybridized carbons (Fsp3) is 1.00. The topological polar surface area (TPSA) is 0 Å². The predicted molar refractivity (Wildman–Crippen MR) is 44.5 cm³/mol. The first-order valence-corrected chi connectivity index (χ1v) is 2.26. The Balaban J connectivity index is -0.000000125. The van der Waals surface area contributed by atoms with E-state index in [-0.39, 0.29) is 24.8 Å². The van der Waals surface area contributed by atoms with Gasteiger partial charge in [0.05, 0.1) is 7.85 Å². The minimum absolute atomic E-state index is 0. The van der Waals surface area contributed by atoms with Crippen LogP contribution in [-0.4, -0.2) is 7.85 Å². The first-order chi connectivity index (χ1) is 2.56. The molecular weight excluding hydrogens is 142 g/mol. The lowest BCUT2D eigenvalue weighted by Crippen LogP contribution is -2.01. The number of hydrogen-bond donors (Lipinski definition) is 0. The Bertz CT molecular complexity index is 40.2. The molecule has 0 nitrogen and oxygen atoms in total. The first kappa shape index (κ1) is 15.9. The maximum Gasteiger partial charge on any atom is 0.0660 e. The van der Waals surface area contributed by atoms with Crippen molar-refractivity contribution in [3.05, 3.63) is 0 Å². The normalized spacial score (nSPS) is 8.88. The number of hydrogen-bond acceptors (Lipinski definition) is 0. The van der Waals surface area contributed by atoms with Crippen molar-refractivity contribution < 1.29 is 0 Å². The molecule has 0 amide bonds. The maximum absolute atomic E-state index is 5.31. The molecule has 0 saturated carbocycles. The molecule has 0 spiro atoms. The van der Waals surface area contributed by atoms with Crippen LogP contribution >= 0.6 is 24.8 Å². The van der Waals surface area contributed by atoms with E-state index < -0.39 is 0 Å². The molecule has 2 radical (unpaired) electrons. The van der Waals surface area contributed by atoms with E-state index in [9.17, 15) is 0 Å². The average Bonchev–Trinajstić information content (AvgIpc) is 1.35. The van der Waals surface area contributed by atoms with E-state index in [4.69, 9.17) is 7.85 Å². The minimum Gasteiger partial charge on any atom is -0.147 e. The quantitative estimate of drug-likeness (QED) is 0.471. The molecule has 3 heteroatoms. The summed E-state index contributed by atoms with van der Waals surface area (Å²) in [6.07, 6.45) is 0.771. The van der Waals surface area contributed by atoms with Gasteiger partial charge in [0.1, 0.15) is 0 Å². The van der Waals surface area contributed by atoms with Gasteiger partial charge in [0, 0.05) is 0 Å². The third-order valence-electron chi connectivity index (χ3n) is 0.612. The zero-order valence-corrected chi connectivity index (χ0v) is 7.23. The highest BCUT2D eigenvalue weighted by atomic mass is 35.5. The largest absolute Gasteiger partial charge is 0.147 e. The van der Waals surface area contributed by atoms with Crippen LogP contribution in [0.25, 0.3) is 0 Å². The van der Waals surface area contributed by atoms with Crippen LogP contribution in [0.3, 0.4) is 0 Å². The van der Waals surface area contributed by atoms with Crippen LogP contribution in [0, 0.1) is 5.41 Å². The Morgan fingerprint density at radius 1 is 1.12 bits per heavy atom. The molecule has 8 heavy (non-hydrogen) atoms. The van der Waals surface area contributed by atoms with E-state index in [0.717, 1.165) is 6.32 Å². The standard InChI is InChI=1S/C5H11B.2ClH/c1-5(2,3)4-6;;/h4H2,1-3H3;2*1H. The van der Waals surface area contributed by atoms with Crippen molar-refractivity contribution in [2.24, 2.45) is 5.41 Å². The minimum atomic E-state index is 0. The fourth-order valence-electron chi connectivity index (χ4n) is 0. The molecular formula is C5H13BCl2. The molecule has 50 valence electrons. The van der Waals surface area contributed by atoms with Gasteiger partial charge in [-0.25, -0.2) is 0 Å². The van der Waals surface area contributed by atoms with Gasteiger partial charge >= 0.3 is 0 Å². The Morgan fingerprint density at radius 2 is 1.25 bits per heavy atom. The Kier molecular flexibility index (Phi) is 11.4. The van der Waals surface area contributed by atoms with Crippen molar-refractivity contribution in [2.45, 2.75) is 27.1 Å². The van der Waals surface area contributed by atoms with Crippen LogP contribution in [-0.2, 0) is 0 Å². The van der Waals surface area contributed by atoms with E-state index in [1.807, 2.05) is 0 Å². The highest BCUT2D eigenvalue weighted by molar-refractivity contribution is 6.08. The van der Waals surface area contributed by atoms with E-state index >= 15 is 0 Å². The second-order valence-corrected chi connectivity index (χ2v) is 2.76. The van der Waals surface area contributed by atoms with Crippen LogP contribution in [0.15, 0.2) is 0 Å². The summed E-state index contributed by atoms with van der Waals surface area (Å²) in [5, 5.41) is 0. The van der Waals surface area contributed by atoms with E-state index in [0.29, 0.717) is 5.41 Å². The van der Waals surface area contributed by atoms with Gasteiger partial charge in [-0.1, -0.05) is 27.1 Å². The molecule has 0 N–H and O–H groups in total. The van der Waals surface area contributed by atoms with Crippen LogP contribution in [0.2, 0.25) is 6.32 Å². The van der Waals surface area contributed by atoms with Crippen molar-refractivity contribution >= 4 is 32.7 Å². The van der Waals surface area contributed by atoms with Crippen LogP contribution in [0.5, 0.6) is 0 Å². The van der Waals surface area contributed by atoms with Crippen molar-refractivity contribution in [3.63, 3.8) is 0 Å². The van der Waals surface area contributed by atoms with Gasteiger partial charge < -0.3 is 0 Å². The molecule has 0 bridgehead atoms. The molecule has 0 aliphatic heterocycles. The lowest BCUT2D eigenvalue weighted by atomic mass is 9.81. The van der Waals surface area contributed by atoms with Gasteiger partial charge in [0.15, 0.2) is 0 Å². The molecule has 0 aromatic heterocycles. The van der Waals surface area contributed by atoms with Crippen LogP contribution in [0.1, 0.15) is 20.8 Å². The summed E-state index contributed by atoms with van der Waals surface area (Å²) in [5.74, 6) is 0. The van der Waals surface area contributed by atoms with Crippen molar-refractivity contribution in [3.8, 4) is 0 Å². The molecule has 0 fully saturated rings. The van der Waals surface area contributed by atoms with Crippen LogP contribution in [0.4, 0.5) is 0 Å². The highest BCUT2D eigenvalue weighted by Crippen LogP contribution is 2.15. The molecule has 0 aliphatic rings. The molecule has 0 aromatic rings. The Morgan fingerprint density at radius 3 is 1.25 bits per heavy atom. The zero-order valence-electron chi connectivity index (χ0n) is 5.60. The summed E-state index contributed by atoms with van der Waals surface area (Å²) < 4.78 is 0. The lowest BCUT2D eigenvalue weighted by molar-refractivity contribution is 0.469. The summed E-state index contributed by atoms with van der Waals surface area (Å²) in [6, 6.07) is 0. The monoisotopic (exact) mass is 154 g/mol. The molecule has 0 saturated heterocycles. The molecule has 0 atom stereocenters. The summed E-state index contributed by atoms with van der Waals surface area (Å²) >= 11 is 0. The fourth-order valence-corrected chi connectivity index (χ4v) is 0. The smallest absolute Gasteiger partial charge is 0.0660 e. The van der Waals surface area contributed by atoms with E-state index in [1.54, 1.807) is 0 Å². The van der Waals surface area contributed by atoms with Crippen molar-refractivity contribution in [1.82, 2.24) is 0 Å². The third-order valence-corrected chi connectivity index (χ3v) is 0.612. The van der Waals surface area contributed by atoms with Gasteiger partial charge in [-0.15, -0.1) is 24.8 Å². The second kappa shape index (κ2) is 5.78. The van der Waals surface area contributed by atoms with Crippen molar-refractivity contribution in [2.75, 3.05) is 0 Å². The van der Waals surface area contributed by atoms with Crippen molar-refractivity contribution in [1.29, 1.82) is 0 Å².